The molecule has 26 heavy (non-hydrogen) atoms. The number of carbonyl (C=O) groups excluding carboxylic acids is 1. The zero-order valence-corrected chi connectivity index (χ0v) is 15.7. The molecule has 7 nitrogen and oxygen atoms in total. The number of hydrogen-bond acceptors (Lipinski definition) is 5. The van der Waals surface area contributed by atoms with Gasteiger partial charge in [-0.2, -0.15) is 0 Å². The summed E-state index contributed by atoms with van der Waals surface area (Å²) in [6, 6.07) is 4.05. The largest absolute Gasteiger partial charge is 0.485 e. The van der Waals surface area contributed by atoms with Crippen molar-refractivity contribution in [3.8, 4) is 0 Å². The van der Waals surface area contributed by atoms with Gasteiger partial charge in [0.25, 0.3) is 5.91 Å². The van der Waals surface area contributed by atoms with Gasteiger partial charge in [-0.15, -0.1) is 0 Å². The molecule has 0 fully saturated rings. The summed E-state index contributed by atoms with van der Waals surface area (Å²) in [5, 5.41) is 2.81. The fourth-order valence-electron chi connectivity index (χ4n) is 2.50. The molecule has 0 aliphatic carbocycles. The zero-order chi connectivity index (χ0) is 18.8. The molecule has 0 spiro atoms. The average Bonchev–Trinajstić information content (AvgIpc) is 3.19. The molecule has 0 saturated heterocycles. The van der Waals surface area contributed by atoms with Gasteiger partial charge >= 0.3 is 0 Å². The molecule has 0 unspecified atom stereocenters. The maximum Gasteiger partial charge on any atom is 0.294 e. The maximum absolute atomic E-state index is 12.3. The van der Waals surface area contributed by atoms with Crippen molar-refractivity contribution in [2.75, 3.05) is 40.6 Å². The Labute approximate surface area is 154 Å². The van der Waals surface area contributed by atoms with Gasteiger partial charge in [-0.05, 0) is 31.1 Å². The third-order valence-corrected chi connectivity index (χ3v) is 3.84. The number of ether oxygens (including phenoxy) is 4. The van der Waals surface area contributed by atoms with Gasteiger partial charge in [-0.1, -0.05) is 13.3 Å². The quantitative estimate of drug-likeness (QED) is 0.557. The van der Waals surface area contributed by atoms with Gasteiger partial charge < -0.3 is 29.2 Å². The molecule has 1 aliphatic heterocycles. The Morgan fingerprint density at radius 2 is 1.69 bits per heavy atom. The van der Waals surface area contributed by atoms with Crippen molar-refractivity contribution in [2.45, 2.75) is 26.2 Å². The summed E-state index contributed by atoms with van der Waals surface area (Å²) in [5.74, 6) is 0.243. The molecule has 0 atom stereocenters. The molecule has 7 heteroatoms. The summed E-state index contributed by atoms with van der Waals surface area (Å²) in [6.45, 7) is 3.56. The van der Waals surface area contributed by atoms with Crippen molar-refractivity contribution < 1.29 is 23.7 Å². The molecule has 1 aliphatic rings. The molecule has 144 valence electrons. The second-order valence-corrected chi connectivity index (χ2v) is 5.90. The molecule has 2 rings (SSSR count). The van der Waals surface area contributed by atoms with Gasteiger partial charge in [-0.3, -0.25) is 4.79 Å². The highest BCUT2D eigenvalue weighted by molar-refractivity contribution is 5.99. The van der Waals surface area contributed by atoms with Crippen LogP contribution >= 0.6 is 0 Å². The standard InChI is InChI=1S/C19H28N2O5/c1-4-5-6-14-7-8-15(20-14)13-16-17(25-11-9-23-2)18(19(22)21-16)26-12-10-24-3/h7-8,13,20H,4-6,9-12H2,1-3H3,(H,21,22). The number of aryl methyl sites for hydroxylation is 1. The van der Waals surface area contributed by atoms with Crippen LogP contribution in [0.5, 0.6) is 0 Å². The van der Waals surface area contributed by atoms with Crippen LogP contribution in [0.4, 0.5) is 0 Å². The maximum atomic E-state index is 12.3. The van der Waals surface area contributed by atoms with E-state index < -0.39 is 0 Å². The monoisotopic (exact) mass is 364 g/mol. The van der Waals surface area contributed by atoms with Gasteiger partial charge in [0.15, 0.2) is 5.76 Å². The van der Waals surface area contributed by atoms with Crippen molar-refractivity contribution in [3.05, 3.63) is 40.7 Å². The molecule has 2 heterocycles. The van der Waals surface area contributed by atoms with Crippen LogP contribution in [-0.2, 0) is 30.2 Å². The summed E-state index contributed by atoms with van der Waals surface area (Å²) in [5.41, 5.74) is 2.64. The third kappa shape index (κ3) is 5.64. The molecule has 0 saturated carbocycles. The van der Waals surface area contributed by atoms with E-state index in [0.29, 0.717) is 31.3 Å². The van der Waals surface area contributed by atoms with Crippen molar-refractivity contribution in [2.24, 2.45) is 0 Å². The smallest absolute Gasteiger partial charge is 0.294 e. The SMILES string of the molecule is CCCCc1ccc(C=C2NC(=O)C(OCCOC)=C2OCCOC)[nH]1. The van der Waals surface area contributed by atoms with E-state index in [1.165, 1.54) is 5.69 Å². The van der Waals surface area contributed by atoms with Crippen LogP contribution in [0.15, 0.2) is 29.3 Å². The zero-order valence-electron chi connectivity index (χ0n) is 15.7. The molecule has 2 N–H and O–H groups in total. The van der Waals surface area contributed by atoms with Crippen LogP contribution in [-0.4, -0.2) is 51.5 Å². The number of aromatic amines is 1. The highest BCUT2D eigenvalue weighted by atomic mass is 16.6. The molecule has 0 radical (unpaired) electrons. The van der Waals surface area contributed by atoms with E-state index >= 15 is 0 Å². The highest BCUT2D eigenvalue weighted by Gasteiger charge is 2.31. The second-order valence-electron chi connectivity index (χ2n) is 5.90. The van der Waals surface area contributed by atoms with E-state index in [1.807, 2.05) is 12.1 Å². The van der Waals surface area contributed by atoms with Gasteiger partial charge in [0, 0.05) is 25.6 Å². The van der Waals surface area contributed by atoms with Crippen LogP contribution in [0.2, 0.25) is 0 Å². The lowest BCUT2D eigenvalue weighted by Gasteiger charge is -2.10. The van der Waals surface area contributed by atoms with E-state index in [1.54, 1.807) is 14.2 Å². The lowest BCUT2D eigenvalue weighted by molar-refractivity contribution is -0.119. The first-order valence-electron chi connectivity index (χ1n) is 8.88. The molecular formula is C19H28N2O5. The number of rotatable bonds is 12. The van der Waals surface area contributed by atoms with E-state index in [2.05, 4.69) is 23.3 Å². The normalized spacial score (nSPS) is 15.7. The summed E-state index contributed by atoms with van der Waals surface area (Å²) < 4.78 is 21.3. The number of carbonyl (C=O) groups is 1. The van der Waals surface area contributed by atoms with Crippen LogP contribution in [0.3, 0.4) is 0 Å². The van der Waals surface area contributed by atoms with Crippen LogP contribution in [0.1, 0.15) is 31.2 Å². The van der Waals surface area contributed by atoms with Crippen molar-refractivity contribution in [1.82, 2.24) is 10.3 Å². The number of methoxy groups -OCH3 is 2. The predicted octanol–water partition coefficient (Wildman–Crippen LogP) is 2.37. The van der Waals surface area contributed by atoms with E-state index in [9.17, 15) is 4.79 Å². The Morgan fingerprint density at radius 1 is 1.00 bits per heavy atom. The topological polar surface area (TPSA) is 81.8 Å². The first-order valence-corrected chi connectivity index (χ1v) is 8.88. The van der Waals surface area contributed by atoms with Crippen LogP contribution < -0.4 is 5.32 Å². The number of nitrogens with one attached hydrogen (secondary N) is 2. The third-order valence-electron chi connectivity index (χ3n) is 3.84. The minimum Gasteiger partial charge on any atom is -0.485 e. The van der Waals surface area contributed by atoms with E-state index in [4.69, 9.17) is 18.9 Å². The predicted molar refractivity (Wildman–Crippen MR) is 98.2 cm³/mol. The minimum atomic E-state index is -0.322. The molecule has 0 bridgehead atoms. The fraction of sp³-hybridized carbons (Fsp3) is 0.526. The fourth-order valence-corrected chi connectivity index (χ4v) is 2.50. The van der Waals surface area contributed by atoms with Crippen LogP contribution in [0, 0.1) is 0 Å². The number of aromatic nitrogens is 1. The van der Waals surface area contributed by atoms with Crippen LogP contribution in [0.25, 0.3) is 6.08 Å². The average molecular weight is 364 g/mol. The summed E-state index contributed by atoms with van der Waals surface area (Å²) in [7, 11) is 3.18. The molecule has 1 aromatic heterocycles. The van der Waals surface area contributed by atoms with E-state index in [-0.39, 0.29) is 18.3 Å². The van der Waals surface area contributed by atoms with Gasteiger partial charge in [0.05, 0.1) is 18.9 Å². The number of unbranched alkanes of at least 4 members (excludes halogenated alkanes) is 1. The number of hydrogen-bond donors (Lipinski definition) is 2. The first-order chi connectivity index (χ1) is 12.7. The highest BCUT2D eigenvalue weighted by Crippen LogP contribution is 2.25. The van der Waals surface area contributed by atoms with Gasteiger partial charge in [0.1, 0.15) is 13.2 Å². The Kier molecular flexibility index (Phi) is 8.24. The molecule has 0 aromatic carbocycles. The Morgan fingerprint density at radius 3 is 2.35 bits per heavy atom. The van der Waals surface area contributed by atoms with Gasteiger partial charge in [0.2, 0.25) is 5.76 Å². The number of H-pyrrole nitrogens is 1. The van der Waals surface area contributed by atoms with Crippen molar-refractivity contribution >= 4 is 12.0 Å². The second kappa shape index (κ2) is 10.7. The Balaban J connectivity index is 2.18. The number of amides is 1. The first kappa shape index (κ1) is 20.1. The summed E-state index contributed by atoms with van der Waals surface area (Å²) in [4.78, 5) is 15.6. The minimum absolute atomic E-state index is 0.169. The lowest BCUT2D eigenvalue weighted by atomic mass is 10.2. The van der Waals surface area contributed by atoms with E-state index in [0.717, 1.165) is 25.0 Å². The lowest BCUT2D eigenvalue weighted by Crippen LogP contribution is -2.18. The Hall–Kier alpha value is -2.25. The Bertz CT molecular complexity index is 648. The van der Waals surface area contributed by atoms with Gasteiger partial charge in [-0.25, -0.2) is 0 Å². The summed E-state index contributed by atoms with van der Waals surface area (Å²) >= 11 is 0. The summed E-state index contributed by atoms with van der Waals surface area (Å²) in [6.07, 6.45) is 5.14. The molecule has 1 amide bonds. The van der Waals surface area contributed by atoms with Crippen molar-refractivity contribution in [1.29, 1.82) is 0 Å². The van der Waals surface area contributed by atoms with Crippen molar-refractivity contribution in [3.63, 3.8) is 0 Å². The molecular weight excluding hydrogens is 336 g/mol. The molecule has 1 aromatic rings.